The molecule has 0 saturated heterocycles. The van der Waals surface area contributed by atoms with Gasteiger partial charge >= 0.3 is 0 Å². The Morgan fingerprint density at radius 3 is 3.00 bits per heavy atom. The van der Waals surface area contributed by atoms with Crippen molar-refractivity contribution in [3.63, 3.8) is 0 Å². The summed E-state index contributed by atoms with van der Waals surface area (Å²) in [5.41, 5.74) is 1.14. The molecule has 1 unspecified atom stereocenters. The SMILES string of the molecule is COCCCn1c(SC(C)C(=O)Nc2ccc(Cl)cn2)nc2sc3c(c2c1=O)CCC3. The van der Waals surface area contributed by atoms with Gasteiger partial charge in [-0.3, -0.25) is 14.2 Å². The Morgan fingerprint density at radius 1 is 1.42 bits per heavy atom. The minimum absolute atomic E-state index is 0.0185. The van der Waals surface area contributed by atoms with E-state index in [0.29, 0.717) is 35.6 Å². The first-order chi connectivity index (χ1) is 15.0. The largest absolute Gasteiger partial charge is 0.385 e. The van der Waals surface area contributed by atoms with Crippen LogP contribution >= 0.6 is 34.7 Å². The van der Waals surface area contributed by atoms with E-state index in [0.717, 1.165) is 35.0 Å². The van der Waals surface area contributed by atoms with Crippen LogP contribution in [0.1, 0.15) is 30.2 Å². The maximum Gasteiger partial charge on any atom is 0.263 e. The monoisotopic (exact) mass is 478 g/mol. The van der Waals surface area contributed by atoms with Crippen molar-refractivity contribution < 1.29 is 9.53 Å². The molecule has 1 aliphatic carbocycles. The Morgan fingerprint density at radius 2 is 2.26 bits per heavy atom. The molecule has 3 heterocycles. The summed E-state index contributed by atoms with van der Waals surface area (Å²) >= 11 is 8.74. The molecule has 0 bridgehead atoms. The molecule has 0 aliphatic heterocycles. The number of nitrogens with one attached hydrogen (secondary N) is 1. The standard InChI is InChI=1S/C21H23ClN4O3S2/c1-12(18(27)24-16-8-7-13(22)11-23-16)30-21-25-19-17(14-5-3-6-15(14)31-19)20(28)26(21)9-4-10-29-2/h7-8,11-12H,3-6,9-10H2,1-2H3,(H,23,24,27). The van der Waals surface area contributed by atoms with Crippen LogP contribution in [0.4, 0.5) is 5.82 Å². The average Bonchev–Trinajstić information content (AvgIpc) is 3.32. The summed E-state index contributed by atoms with van der Waals surface area (Å²) in [6, 6.07) is 3.32. The zero-order valence-electron chi connectivity index (χ0n) is 17.3. The van der Waals surface area contributed by atoms with Crippen LogP contribution in [-0.4, -0.2) is 39.4 Å². The number of hydrogen-bond donors (Lipinski definition) is 1. The van der Waals surface area contributed by atoms with E-state index in [1.54, 1.807) is 42.1 Å². The fourth-order valence-corrected chi connectivity index (χ4v) is 5.95. The van der Waals surface area contributed by atoms with Gasteiger partial charge in [-0.2, -0.15) is 0 Å². The second-order valence-electron chi connectivity index (χ2n) is 7.35. The van der Waals surface area contributed by atoms with E-state index in [2.05, 4.69) is 10.3 Å². The maximum absolute atomic E-state index is 13.4. The molecule has 164 valence electrons. The van der Waals surface area contributed by atoms with Gasteiger partial charge in [-0.1, -0.05) is 23.4 Å². The summed E-state index contributed by atoms with van der Waals surface area (Å²) in [5.74, 6) is 0.212. The first-order valence-corrected chi connectivity index (χ1v) is 12.2. The number of nitrogens with zero attached hydrogens (tertiary/aromatic N) is 3. The molecule has 0 saturated carbocycles. The number of pyridine rings is 1. The first-order valence-electron chi connectivity index (χ1n) is 10.1. The number of anilines is 1. The van der Waals surface area contributed by atoms with Crippen molar-refractivity contribution in [3.05, 3.63) is 44.1 Å². The number of methoxy groups -OCH3 is 1. The Hall–Kier alpha value is -1.94. The third-order valence-corrected chi connectivity index (χ3v) is 7.65. The molecular formula is C21H23ClN4O3S2. The maximum atomic E-state index is 13.4. The van der Waals surface area contributed by atoms with E-state index in [9.17, 15) is 9.59 Å². The van der Waals surface area contributed by atoms with Gasteiger partial charge in [0.15, 0.2) is 5.16 Å². The van der Waals surface area contributed by atoms with Crippen LogP contribution in [0.15, 0.2) is 28.3 Å². The molecule has 10 heteroatoms. The van der Waals surface area contributed by atoms with Crippen molar-refractivity contribution in [2.75, 3.05) is 19.0 Å². The smallest absolute Gasteiger partial charge is 0.263 e. The number of thioether (sulfide) groups is 1. The number of fused-ring (bicyclic) bond motifs is 3. The van der Waals surface area contributed by atoms with Crippen LogP contribution in [0.25, 0.3) is 10.2 Å². The van der Waals surface area contributed by atoms with Crippen LogP contribution in [-0.2, 0) is 28.9 Å². The van der Waals surface area contributed by atoms with E-state index in [-0.39, 0.29) is 11.5 Å². The lowest BCUT2D eigenvalue weighted by Crippen LogP contribution is -2.27. The number of amides is 1. The Bertz CT molecular complexity index is 1160. The third kappa shape index (κ3) is 4.79. The van der Waals surface area contributed by atoms with E-state index >= 15 is 0 Å². The summed E-state index contributed by atoms with van der Waals surface area (Å²) in [6.45, 7) is 2.84. The minimum Gasteiger partial charge on any atom is -0.385 e. The number of carbonyl (C=O) groups excluding carboxylic acids is 1. The first kappa shape index (κ1) is 22.3. The molecule has 1 aliphatic rings. The predicted molar refractivity (Wildman–Crippen MR) is 126 cm³/mol. The van der Waals surface area contributed by atoms with Crippen molar-refractivity contribution in [1.29, 1.82) is 0 Å². The second kappa shape index (κ2) is 9.68. The number of ether oxygens (including phenoxy) is 1. The van der Waals surface area contributed by atoms with Gasteiger partial charge < -0.3 is 10.1 Å². The van der Waals surface area contributed by atoms with Gasteiger partial charge in [0, 0.05) is 31.3 Å². The number of rotatable bonds is 8. The quantitative estimate of drug-likeness (QED) is 0.297. The number of thiophene rings is 1. The summed E-state index contributed by atoms with van der Waals surface area (Å²) in [7, 11) is 1.64. The summed E-state index contributed by atoms with van der Waals surface area (Å²) in [4.78, 5) is 37.0. The lowest BCUT2D eigenvalue weighted by molar-refractivity contribution is -0.115. The number of aromatic nitrogens is 3. The highest BCUT2D eigenvalue weighted by Gasteiger charge is 2.25. The van der Waals surface area contributed by atoms with Gasteiger partial charge in [0.25, 0.3) is 5.56 Å². The Balaban J connectivity index is 1.61. The van der Waals surface area contributed by atoms with Crippen molar-refractivity contribution in [1.82, 2.24) is 14.5 Å². The van der Waals surface area contributed by atoms with Crippen molar-refractivity contribution in [2.45, 2.75) is 49.6 Å². The molecule has 1 N–H and O–H groups in total. The molecule has 1 amide bonds. The normalized spacial score (nSPS) is 14.0. The molecule has 3 aromatic heterocycles. The number of carbonyl (C=O) groups is 1. The highest BCUT2D eigenvalue weighted by molar-refractivity contribution is 8.00. The fraction of sp³-hybridized carbons (Fsp3) is 0.429. The fourth-order valence-electron chi connectivity index (χ4n) is 3.60. The molecule has 0 fully saturated rings. The third-order valence-electron chi connectivity index (χ3n) is 5.15. The average molecular weight is 479 g/mol. The Labute approximate surface area is 193 Å². The zero-order valence-corrected chi connectivity index (χ0v) is 19.7. The van der Waals surface area contributed by atoms with Gasteiger partial charge in [0.05, 0.1) is 15.7 Å². The van der Waals surface area contributed by atoms with Crippen molar-refractivity contribution in [3.8, 4) is 0 Å². The zero-order chi connectivity index (χ0) is 22.0. The summed E-state index contributed by atoms with van der Waals surface area (Å²) < 4.78 is 6.86. The summed E-state index contributed by atoms with van der Waals surface area (Å²) in [6.07, 6.45) is 5.21. The van der Waals surface area contributed by atoms with Crippen LogP contribution in [0, 0.1) is 0 Å². The minimum atomic E-state index is -0.470. The van der Waals surface area contributed by atoms with E-state index in [4.69, 9.17) is 21.3 Å². The van der Waals surface area contributed by atoms with Gasteiger partial charge in [0.2, 0.25) is 5.91 Å². The van der Waals surface area contributed by atoms with Crippen molar-refractivity contribution in [2.24, 2.45) is 0 Å². The lowest BCUT2D eigenvalue weighted by atomic mass is 10.2. The molecule has 0 spiro atoms. The predicted octanol–water partition coefficient (Wildman–Crippen LogP) is 4.15. The molecule has 0 radical (unpaired) electrons. The molecule has 3 aromatic rings. The number of hydrogen-bond acceptors (Lipinski definition) is 7. The number of halogens is 1. The molecule has 1 atom stereocenters. The lowest BCUT2D eigenvalue weighted by Gasteiger charge is -2.15. The van der Waals surface area contributed by atoms with Gasteiger partial charge in [-0.25, -0.2) is 9.97 Å². The molecular weight excluding hydrogens is 456 g/mol. The molecule has 7 nitrogen and oxygen atoms in total. The molecule has 0 aromatic carbocycles. The van der Waals surface area contributed by atoms with E-state index < -0.39 is 5.25 Å². The van der Waals surface area contributed by atoms with Gasteiger partial charge in [-0.15, -0.1) is 11.3 Å². The highest BCUT2D eigenvalue weighted by Crippen LogP contribution is 2.36. The molecule has 4 rings (SSSR count). The molecule has 31 heavy (non-hydrogen) atoms. The Kier molecular flexibility index (Phi) is 6.95. The highest BCUT2D eigenvalue weighted by atomic mass is 35.5. The van der Waals surface area contributed by atoms with E-state index in [1.165, 1.54) is 22.8 Å². The van der Waals surface area contributed by atoms with E-state index in [1.807, 2.05) is 0 Å². The van der Waals surface area contributed by atoms with Crippen LogP contribution in [0.2, 0.25) is 5.02 Å². The number of aryl methyl sites for hydroxylation is 2. The van der Waals surface area contributed by atoms with Crippen LogP contribution in [0.5, 0.6) is 0 Å². The topological polar surface area (TPSA) is 86.1 Å². The summed E-state index contributed by atoms with van der Waals surface area (Å²) in [5, 5.41) is 4.12. The van der Waals surface area contributed by atoms with Crippen LogP contribution in [0.3, 0.4) is 0 Å². The van der Waals surface area contributed by atoms with Gasteiger partial charge in [-0.05, 0) is 50.3 Å². The van der Waals surface area contributed by atoms with Crippen molar-refractivity contribution >= 4 is 56.6 Å². The van der Waals surface area contributed by atoms with Crippen LogP contribution < -0.4 is 10.9 Å². The van der Waals surface area contributed by atoms with Gasteiger partial charge in [0.1, 0.15) is 10.6 Å². The second-order valence-corrected chi connectivity index (χ2v) is 10.2.